The fraction of sp³-hybridized carbons (Fsp3) is 0.500. The van der Waals surface area contributed by atoms with Crippen LogP contribution in [-0.4, -0.2) is 18.1 Å². The van der Waals surface area contributed by atoms with Crippen LogP contribution in [0.3, 0.4) is 0 Å². The first kappa shape index (κ1) is 16.2. The number of nitrogens with zero attached hydrogens (tertiary/aromatic N) is 1. The van der Waals surface area contributed by atoms with Gasteiger partial charge in [-0.25, -0.2) is 4.98 Å². The Labute approximate surface area is 132 Å². The van der Waals surface area contributed by atoms with Gasteiger partial charge in [0.1, 0.15) is 0 Å². The van der Waals surface area contributed by atoms with Crippen molar-refractivity contribution < 1.29 is 0 Å². The molecule has 114 valence electrons. The van der Waals surface area contributed by atoms with Gasteiger partial charge in [0, 0.05) is 23.9 Å². The predicted octanol–water partition coefficient (Wildman–Crippen LogP) is 4.65. The highest BCUT2D eigenvalue weighted by molar-refractivity contribution is 7.09. The van der Waals surface area contributed by atoms with Crippen molar-refractivity contribution in [3.63, 3.8) is 0 Å². The van der Waals surface area contributed by atoms with Gasteiger partial charge in [0.25, 0.3) is 0 Å². The molecule has 2 rings (SSSR count). The zero-order valence-electron chi connectivity index (χ0n) is 13.6. The molecule has 21 heavy (non-hydrogen) atoms. The summed E-state index contributed by atoms with van der Waals surface area (Å²) in [6.45, 7) is 11.0. The second-order valence-corrected chi connectivity index (χ2v) is 7.40. The molecule has 3 heteroatoms. The molecular formula is C18H26N2S. The molecule has 0 aliphatic heterocycles. The summed E-state index contributed by atoms with van der Waals surface area (Å²) in [6, 6.07) is 8.82. The Hall–Kier alpha value is -1.19. The van der Waals surface area contributed by atoms with E-state index in [0.717, 1.165) is 25.2 Å². The number of thiazole rings is 1. The van der Waals surface area contributed by atoms with Gasteiger partial charge in [0.15, 0.2) is 0 Å². The highest BCUT2D eigenvalue weighted by Crippen LogP contribution is 2.27. The van der Waals surface area contributed by atoms with Gasteiger partial charge in [-0.05, 0) is 23.9 Å². The first-order valence-electron chi connectivity index (χ1n) is 7.76. The summed E-state index contributed by atoms with van der Waals surface area (Å²) in [5.41, 5.74) is 3.89. The molecule has 0 aliphatic carbocycles. The third-order valence-corrected chi connectivity index (χ3v) is 4.45. The molecule has 1 aromatic heterocycles. The van der Waals surface area contributed by atoms with Gasteiger partial charge in [0.05, 0.1) is 10.7 Å². The number of benzene rings is 1. The maximum atomic E-state index is 4.75. The van der Waals surface area contributed by atoms with E-state index in [1.165, 1.54) is 22.6 Å². The van der Waals surface area contributed by atoms with Gasteiger partial charge in [-0.2, -0.15) is 0 Å². The molecule has 0 saturated heterocycles. The van der Waals surface area contributed by atoms with Crippen LogP contribution in [0.25, 0.3) is 11.3 Å². The molecule has 0 spiro atoms. The molecule has 0 bridgehead atoms. The van der Waals surface area contributed by atoms with Crippen LogP contribution in [0.1, 0.15) is 44.7 Å². The van der Waals surface area contributed by atoms with Gasteiger partial charge in [0.2, 0.25) is 0 Å². The van der Waals surface area contributed by atoms with E-state index in [2.05, 4.69) is 62.7 Å². The van der Waals surface area contributed by atoms with E-state index in [0.29, 0.717) is 0 Å². The first-order valence-corrected chi connectivity index (χ1v) is 8.64. The average Bonchev–Trinajstić information content (AvgIpc) is 2.92. The minimum atomic E-state index is 0.205. The second kappa shape index (κ2) is 7.19. The Morgan fingerprint density at radius 1 is 1.10 bits per heavy atom. The van der Waals surface area contributed by atoms with Gasteiger partial charge >= 0.3 is 0 Å². The van der Waals surface area contributed by atoms with Crippen LogP contribution in [0, 0.1) is 0 Å². The third kappa shape index (κ3) is 4.65. The van der Waals surface area contributed by atoms with E-state index >= 15 is 0 Å². The van der Waals surface area contributed by atoms with Crippen molar-refractivity contribution in [2.75, 3.05) is 13.1 Å². The van der Waals surface area contributed by atoms with Crippen LogP contribution in [0.4, 0.5) is 0 Å². The SMILES string of the molecule is CCCNCCc1nc(-c2ccc(C(C)(C)C)cc2)cs1. The highest BCUT2D eigenvalue weighted by Gasteiger charge is 2.13. The summed E-state index contributed by atoms with van der Waals surface area (Å²) in [5.74, 6) is 0. The summed E-state index contributed by atoms with van der Waals surface area (Å²) in [6.07, 6.45) is 2.20. The molecule has 1 N–H and O–H groups in total. The molecule has 2 nitrogen and oxygen atoms in total. The molecule has 0 aliphatic rings. The standard InChI is InChI=1S/C18H26N2S/c1-5-11-19-12-10-17-20-16(13-21-17)14-6-8-15(9-7-14)18(2,3)4/h6-9,13,19H,5,10-12H2,1-4H3. The molecule has 0 radical (unpaired) electrons. The minimum Gasteiger partial charge on any atom is -0.316 e. The van der Waals surface area contributed by atoms with Crippen molar-refractivity contribution in [2.24, 2.45) is 0 Å². The molecule has 2 aromatic rings. The van der Waals surface area contributed by atoms with E-state index in [9.17, 15) is 0 Å². The van der Waals surface area contributed by atoms with Crippen LogP contribution in [0.2, 0.25) is 0 Å². The van der Waals surface area contributed by atoms with Gasteiger partial charge in [-0.15, -0.1) is 11.3 Å². The normalized spacial score (nSPS) is 11.8. The Morgan fingerprint density at radius 3 is 2.43 bits per heavy atom. The summed E-state index contributed by atoms with van der Waals surface area (Å²) in [5, 5.41) is 6.81. The van der Waals surface area contributed by atoms with Gasteiger partial charge in [-0.3, -0.25) is 0 Å². The Kier molecular flexibility index (Phi) is 5.54. The van der Waals surface area contributed by atoms with E-state index in [1.54, 1.807) is 11.3 Å². The van der Waals surface area contributed by atoms with E-state index in [-0.39, 0.29) is 5.41 Å². The zero-order chi connectivity index (χ0) is 15.3. The summed E-state index contributed by atoms with van der Waals surface area (Å²) in [7, 11) is 0. The summed E-state index contributed by atoms with van der Waals surface area (Å²) in [4.78, 5) is 4.75. The van der Waals surface area contributed by atoms with Crippen molar-refractivity contribution >= 4 is 11.3 Å². The summed E-state index contributed by atoms with van der Waals surface area (Å²) >= 11 is 1.76. The number of hydrogen-bond donors (Lipinski definition) is 1. The number of nitrogens with one attached hydrogen (secondary N) is 1. The van der Waals surface area contributed by atoms with Crippen molar-refractivity contribution in [2.45, 2.75) is 46.0 Å². The number of rotatable bonds is 6. The third-order valence-electron chi connectivity index (χ3n) is 3.54. The van der Waals surface area contributed by atoms with E-state index < -0.39 is 0 Å². The lowest BCUT2D eigenvalue weighted by Gasteiger charge is -2.18. The van der Waals surface area contributed by atoms with Crippen LogP contribution in [0.5, 0.6) is 0 Å². The predicted molar refractivity (Wildman–Crippen MR) is 93.1 cm³/mol. The summed E-state index contributed by atoms with van der Waals surface area (Å²) < 4.78 is 0. The molecule has 0 atom stereocenters. The van der Waals surface area contributed by atoms with Crippen LogP contribution < -0.4 is 5.32 Å². The number of hydrogen-bond acceptors (Lipinski definition) is 3. The fourth-order valence-electron chi connectivity index (χ4n) is 2.20. The van der Waals surface area contributed by atoms with Gasteiger partial charge < -0.3 is 5.32 Å². The number of aromatic nitrogens is 1. The van der Waals surface area contributed by atoms with Crippen molar-refractivity contribution in [3.05, 3.63) is 40.2 Å². The van der Waals surface area contributed by atoms with Crippen LogP contribution >= 0.6 is 11.3 Å². The lowest BCUT2D eigenvalue weighted by atomic mass is 9.86. The monoisotopic (exact) mass is 302 g/mol. The largest absolute Gasteiger partial charge is 0.316 e. The molecule has 0 saturated carbocycles. The minimum absolute atomic E-state index is 0.205. The van der Waals surface area contributed by atoms with Crippen molar-refractivity contribution in [3.8, 4) is 11.3 Å². The second-order valence-electron chi connectivity index (χ2n) is 6.45. The van der Waals surface area contributed by atoms with Gasteiger partial charge in [-0.1, -0.05) is 52.0 Å². The molecule has 1 aromatic carbocycles. The van der Waals surface area contributed by atoms with Crippen LogP contribution in [-0.2, 0) is 11.8 Å². The highest BCUT2D eigenvalue weighted by atomic mass is 32.1. The van der Waals surface area contributed by atoms with Crippen molar-refractivity contribution in [1.82, 2.24) is 10.3 Å². The zero-order valence-corrected chi connectivity index (χ0v) is 14.4. The molecule has 0 amide bonds. The Balaban J connectivity index is 2.00. The molecular weight excluding hydrogens is 276 g/mol. The fourth-order valence-corrected chi connectivity index (χ4v) is 3.00. The van der Waals surface area contributed by atoms with Crippen LogP contribution in [0.15, 0.2) is 29.6 Å². The van der Waals surface area contributed by atoms with E-state index in [1.807, 2.05) is 0 Å². The lowest BCUT2D eigenvalue weighted by molar-refractivity contribution is 0.590. The maximum Gasteiger partial charge on any atom is 0.0945 e. The first-order chi connectivity index (χ1) is 10.0. The average molecular weight is 302 g/mol. The smallest absolute Gasteiger partial charge is 0.0945 e. The molecule has 0 unspecified atom stereocenters. The Bertz CT molecular complexity index is 549. The quantitative estimate of drug-likeness (QED) is 0.786. The van der Waals surface area contributed by atoms with E-state index in [4.69, 9.17) is 4.98 Å². The lowest BCUT2D eigenvalue weighted by Crippen LogP contribution is -2.17. The van der Waals surface area contributed by atoms with Crippen molar-refractivity contribution in [1.29, 1.82) is 0 Å². The Morgan fingerprint density at radius 2 is 1.81 bits per heavy atom. The maximum absolute atomic E-state index is 4.75. The molecule has 0 fully saturated rings. The topological polar surface area (TPSA) is 24.9 Å². The molecule has 1 heterocycles.